The van der Waals surface area contributed by atoms with Crippen LogP contribution in [0.3, 0.4) is 0 Å². The average molecular weight is 411 g/mol. The standard InChI is InChI=1S/C21H22N4OS2/c1-3-9-19-22-23-21(24(19)4-2)27-14-20(26)25-15-10-5-7-12-17(15)28-18-13-8-6-11-16(18)25/h5-8,10-13H,3-4,9,14H2,1-2H3. The summed E-state index contributed by atoms with van der Waals surface area (Å²) < 4.78 is 2.11. The molecule has 0 radical (unpaired) electrons. The number of fused-ring (bicyclic) bond motifs is 2. The number of anilines is 2. The van der Waals surface area contributed by atoms with Crippen molar-refractivity contribution in [1.82, 2.24) is 14.8 Å². The third-order valence-corrected chi connectivity index (χ3v) is 6.67. The molecule has 144 valence electrons. The Morgan fingerprint density at radius 2 is 1.64 bits per heavy atom. The van der Waals surface area contributed by atoms with Crippen LogP contribution >= 0.6 is 23.5 Å². The fourth-order valence-corrected chi connectivity index (χ4v) is 5.24. The van der Waals surface area contributed by atoms with E-state index < -0.39 is 0 Å². The lowest BCUT2D eigenvalue weighted by molar-refractivity contribution is -0.115. The predicted molar refractivity (Wildman–Crippen MR) is 115 cm³/mol. The zero-order valence-electron chi connectivity index (χ0n) is 16.0. The fourth-order valence-electron chi connectivity index (χ4n) is 3.32. The van der Waals surface area contributed by atoms with Gasteiger partial charge in [-0.05, 0) is 37.6 Å². The van der Waals surface area contributed by atoms with Gasteiger partial charge in [0.2, 0.25) is 5.91 Å². The largest absolute Gasteiger partial charge is 0.306 e. The van der Waals surface area contributed by atoms with Crippen molar-refractivity contribution in [3.8, 4) is 0 Å². The molecule has 0 atom stereocenters. The molecule has 28 heavy (non-hydrogen) atoms. The van der Waals surface area contributed by atoms with Gasteiger partial charge in [-0.25, -0.2) is 0 Å². The second-order valence-electron chi connectivity index (χ2n) is 6.45. The van der Waals surface area contributed by atoms with E-state index in [1.54, 1.807) is 11.8 Å². The molecule has 3 aromatic rings. The quantitative estimate of drug-likeness (QED) is 0.525. The molecular formula is C21H22N4OS2. The van der Waals surface area contributed by atoms with Crippen molar-refractivity contribution in [3.05, 3.63) is 54.4 Å². The minimum absolute atomic E-state index is 0.0490. The van der Waals surface area contributed by atoms with Crippen LogP contribution in [0.1, 0.15) is 26.1 Å². The molecule has 1 aliphatic heterocycles. The summed E-state index contributed by atoms with van der Waals surface area (Å²) in [5.74, 6) is 1.36. The number of carbonyl (C=O) groups excluding carboxylic acids is 1. The monoisotopic (exact) mass is 410 g/mol. The SMILES string of the molecule is CCCc1nnc(SCC(=O)N2c3ccccc3Sc3ccccc32)n1CC. The molecule has 0 unspecified atom stereocenters. The molecule has 0 aliphatic carbocycles. The van der Waals surface area contributed by atoms with Crippen molar-refractivity contribution in [2.45, 2.75) is 48.2 Å². The maximum absolute atomic E-state index is 13.3. The third-order valence-electron chi connectivity index (χ3n) is 4.59. The third kappa shape index (κ3) is 3.56. The van der Waals surface area contributed by atoms with Crippen LogP contribution in [0, 0.1) is 0 Å². The minimum atomic E-state index is 0.0490. The van der Waals surface area contributed by atoms with E-state index in [1.165, 1.54) is 11.8 Å². The van der Waals surface area contributed by atoms with Crippen LogP contribution in [-0.2, 0) is 17.8 Å². The van der Waals surface area contributed by atoms with Crippen molar-refractivity contribution >= 4 is 40.8 Å². The fraction of sp³-hybridized carbons (Fsp3) is 0.286. The molecule has 1 amide bonds. The number of thioether (sulfide) groups is 1. The molecule has 0 fully saturated rings. The molecule has 0 N–H and O–H groups in total. The van der Waals surface area contributed by atoms with Gasteiger partial charge in [0, 0.05) is 22.8 Å². The first kappa shape index (κ1) is 19.1. The lowest BCUT2D eigenvalue weighted by Crippen LogP contribution is -2.30. The number of carbonyl (C=O) groups is 1. The number of aryl methyl sites for hydroxylation is 1. The van der Waals surface area contributed by atoms with E-state index in [-0.39, 0.29) is 5.91 Å². The summed E-state index contributed by atoms with van der Waals surface area (Å²) in [5, 5.41) is 9.43. The van der Waals surface area contributed by atoms with Gasteiger partial charge in [0.1, 0.15) is 5.82 Å². The van der Waals surface area contributed by atoms with Gasteiger partial charge in [0.05, 0.1) is 17.1 Å². The molecule has 0 saturated carbocycles. The Kier molecular flexibility index (Phi) is 5.73. The highest BCUT2D eigenvalue weighted by atomic mass is 32.2. The number of hydrogen-bond acceptors (Lipinski definition) is 5. The molecule has 0 saturated heterocycles. The zero-order valence-corrected chi connectivity index (χ0v) is 17.6. The van der Waals surface area contributed by atoms with E-state index in [9.17, 15) is 4.79 Å². The van der Waals surface area contributed by atoms with Crippen LogP contribution in [0.2, 0.25) is 0 Å². The number of hydrogen-bond donors (Lipinski definition) is 0. The first-order valence-electron chi connectivity index (χ1n) is 9.46. The number of nitrogens with zero attached hydrogens (tertiary/aromatic N) is 4. The van der Waals surface area contributed by atoms with Gasteiger partial charge in [-0.3, -0.25) is 9.69 Å². The van der Waals surface area contributed by atoms with E-state index in [4.69, 9.17) is 0 Å². The van der Waals surface area contributed by atoms with Gasteiger partial charge in [0.25, 0.3) is 0 Å². The molecule has 1 aliphatic rings. The second kappa shape index (κ2) is 8.41. The normalized spacial score (nSPS) is 12.6. The van der Waals surface area contributed by atoms with Gasteiger partial charge in [-0.2, -0.15) is 0 Å². The second-order valence-corrected chi connectivity index (χ2v) is 8.47. The van der Waals surface area contributed by atoms with Gasteiger partial charge in [0.15, 0.2) is 5.16 Å². The summed E-state index contributed by atoms with van der Waals surface area (Å²) in [7, 11) is 0. The zero-order chi connectivity index (χ0) is 19.5. The molecule has 0 spiro atoms. The highest BCUT2D eigenvalue weighted by Crippen LogP contribution is 2.48. The van der Waals surface area contributed by atoms with Gasteiger partial charge >= 0.3 is 0 Å². The highest BCUT2D eigenvalue weighted by Gasteiger charge is 2.28. The number of rotatable bonds is 6. The van der Waals surface area contributed by atoms with Crippen LogP contribution in [0.25, 0.3) is 0 Å². The molecule has 7 heteroatoms. The number of para-hydroxylation sites is 2. The summed E-state index contributed by atoms with van der Waals surface area (Å²) in [6, 6.07) is 16.1. The van der Waals surface area contributed by atoms with Crippen molar-refractivity contribution in [1.29, 1.82) is 0 Å². The first-order chi connectivity index (χ1) is 13.7. The first-order valence-corrected chi connectivity index (χ1v) is 11.3. The Morgan fingerprint density at radius 3 is 2.25 bits per heavy atom. The maximum Gasteiger partial charge on any atom is 0.242 e. The molecule has 2 aromatic carbocycles. The van der Waals surface area contributed by atoms with Crippen LogP contribution in [0.4, 0.5) is 11.4 Å². The van der Waals surface area contributed by atoms with Gasteiger partial charge < -0.3 is 4.57 Å². The average Bonchev–Trinajstić information content (AvgIpc) is 3.12. The van der Waals surface area contributed by atoms with E-state index in [2.05, 4.69) is 40.7 Å². The number of aromatic nitrogens is 3. The minimum Gasteiger partial charge on any atom is -0.306 e. The van der Waals surface area contributed by atoms with Crippen LogP contribution in [-0.4, -0.2) is 26.4 Å². The lowest BCUT2D eigenvalue weighted by atomic mass is 10.2. The molecule has 5 nitrogen and oxygen atoms in total. The summed E-state index contributed by atoms with van der Waals surface area (Å²) in [4.78, 5) is 17.3. The lowest BCUT2D eigenvalue weighted by Gasteiger charge is -2.30. The molecule has 2 heterocycles. The summed E-state index contributed by atoms with van der Waals surface area (Å²) in [6.45, 7) is 5.03. The predicted octanol–water partition coefficient (Wildman–Crippen LogP) is 5.17. The van der Waals surface area contributed by atoms with Gasteiger partial charge in [-0.1, -0.05) is 54.7 Å². The highest BCUT2D eigenvalue weighted by molar-refractivity contribution is 8.00. The Labute approximate surface area is 173 Å². The van der Waals surface area contributed by atoms with Crippen molar-refractivity contribution in [2.24, 2.45) is 0 Å². The molecular weight excluding hydrogens is 388 g/mol. The van der Waals surface area contributed by atoms with Crippen molar-refractivity contribution in [2.75, 3.05) is 10.7 Å². The Bertz CT molecular complexity index is 956. The maximum atomic E-state index is 13.3. The summed E-state index contributed by atoms with van der Waals surface area (Å²) >= 11 is 3.17. The van der Waals surface area contributed by atoms with Crippen LogP contribution < -0.4 is 4.90 Å². The molecule has 1 aromatic heterocycles. The van der Waals surface area contributed by atoms with Crippen LogP contribution in [0.5, 0.6) is 0 Å². The summed E-state index contributed by atoms with van der Waals surface area (Å²) in [5.41, 5.74) is 1.89. The number of benzene rings is 2. The Hall–Kier alpha value is -2.25. The van der Waals surface area contributed by atoms with Crippen molar-refractivity contribution in [3.63, 3.8) is 0 Å². The van der Waals surface area contributed by atoms with E-state index >= 15 is 0 Å². The molecule has 0 bridgehead atoms. The van der Waals surface area contributed by atoms with Crippen molar-refractivity contribution < 1.29 is 4.79 Å². The summed E-state index contributed by atoms with van der Waals surface area (Å²) in [6.07, 6.45) is 1.93. The van der Waals surface area contributed by atoms with Crippen LogP contribution in [0.15, 0.2) is 63.5 Å². The smallest absolute Gasteiger partial charge is 0.242 e. The Morgan fingerprint density at radius 1 is 1.00 bits per heavy atom. The van der Waals surface area contributed by atoms with E-state index in [0.717, 1.165) is 51.5 Å². The van der Waals surface area contributed by atoms with E-state index in [1.807, 2.05) is 41.3 Å². The molecule has 4 rings (SSSR count). The van der Waals surface area contributed by atoms with Gasteiger partial charge in [-0.15, -0.1) is 10.2 Å². The topological polar surface area (TPSA) is 51.0 Å². The van der Waals surface area contributed by atoms with E-state index in [0.29, 0.717) is 5.75 Å². The number of amides is 1. The Balaban J connectivity index is 1.59.